The maximum Gasteiger partial charge on any atom is 0.367 e. The molecule has 7 heavy (non-hydrogen) atoms. The zero-order valence-electron chi connectivity index (χ0n) is 4.30. The lowest BCUT2D eigenvalue weighted by Crippen LogP contribution is -1.88. The van der Waals surface area contributed by atoms with Crippen LogP contribution < -0.4 is 0 Å². The molecule has 0 bridgehead atoms. The summed E-state index contributed by atoms with van der Waals surface area (Å²) in [5.74, 6) is 0. The minimum Gasteiger partial charge on any atom is -0.451 e. The van der Waals surface area contributed by atoms with E-state index in [9.17, 15) is 4.79 Å². The van der Waals surface area contributed by atoms with E-state index in [0.717, 1.165) is 11.8 Å². The van der Waals surface area contributed by atoms with E-state index in [1.54, 1.807) is 13.2 Å². The molecule has 0 fully saturated rings. The van der Waals surface area contributed by atoms with Gasteiger partial charge in [-0.15, -0.1) is 0 Å². The summed E-state index contributed by atoms with van der Waals surface area (Å²) in [5.41, 5.74) is 0. The average molecular weight is 119 g/mol. The third-order valence-corrected chi connectivity index (χ3v) is 0.810. The molecule has 0 aliphatic rings. The Hall–Kier alpha value is -0.180. The van der Waals surface area contributed by atoms with Gasteiger partial charge in [-0.2, -0.15) is 0 Å². The summed E-state index contributed by atoms with van der Waals surface area (Å²) in [6, 6.07) is 0. The molecule has 0 saturated carbocycles. The van der Waals surface area contributed by atoms with E-state index < -0.39 is 0 Å². The van der Waals surface area contributed by atoms with Crippen molar-refractivity contribution in [3.63, 3.8) is 0 Å². The Kier molecular flexibility index (Phi) is 3.89. The van der Waals surface area contributed by atoms with Gasteiger partial charge in [0.1, 0.15) is 6.61 Å². The van der Waals surface area contributed by atoms with Gasteiger partial charge < -0.3 is 4.74 Å². The molecule has 0 aliphatic heterocycles. The van der Waals surface area contributed by atoms with Crippen LogP contribution in [0.4, 0.5) is 4.79 Å². The van der Waals surface area contributed by atoms with Crippen molar-refractivity contribution >= 4 is 17.1 Å². The van der Waals surface area contributed by atoms with Crippen LogP contribution in [0.5, 0.6) is 0 Å². The molecule has 0 saturated heterocycles. The molecule has 2 nitrogen and oxygen atoms in total. The number of carbonyl (C=O) groups excluding carboxylic acids is 1. The summed E-state index contributed by atoms with van der Waals surface area (Å²) in [4.78, 5) is 10.1. The van der Waals surface area contributed by atoms with Gasteiger partial charge in [0.15, 0.2) is 0 Å². The third-order valence-electron chi connectivity index (χ3n) is 0.381. The van der Waals surface area contributed by atoms with Crippen LogP contribution in [-0.2, 0) is 4.74 Å². The SMILES string of the molecule is C[CH]OC(=O)SC. The van der Waals surface area contributed by atoms with Crippen LogP contribution in [0.2, 0.25) is 0 Å². The molecule has 0 N–H and O–H groups in total. The lowest BCUT2D eigenvalue weighted by Gasteiger charge is -1.91. The van der Waals surface area contributed by atoms with Crippen molar-refractivity contribution in [3.8, 4) is 0 Å². The molecule has 0 unspecified atom stereocenters. The highest BCUT2D eigenvalue weighted by Crippen LogP contribution is 1.98. The Morgan fingerprint density at radius 3 is 2.57 bits per heavy atom. The second-order valence-electron chi connectivity index (χ2n) is 0.808. The molecule has 3 heteroatoms. The number of hydrogen-bond donors (Lipinski definition) is 0. The highest BCUT2D eigenvalue weighted by atomic mass is 32.2. The molecule has 0 aromatic carbocycles. The molecule has 0 atom stereocenters. The van der Waals surface area contributed by atoms with Gasteiger partial charge in [-0.1, -0.05) is 0 Å². The van der Waals surface area contributed by atoms with Crippen LogP contribution in [0, 0.1) is 6.61 Å². The number of ether oxygens (including phenoxy) is 1. The molecule has 0 spiro atoms. The fourth-order valence-corrected chi connectivity index (χ4v) is 0.337. The van der Waals surface area contributed by atoms with Crippen molar-refractivity contribution in [2.75, 3.05) is 6.26 Å². The van der Waals surface area contributed by atoms with Crippen molar-refractivity contribution in [3.05, 3.63) is 6.61 Å². The second kappa shape index (κ2) is 3.99. The Labute approximate surface area is 47.2 Å². The van der Waals surface area contributed by atoms with E-state index >= 15 is 0 Å². The highest BCUT2D eigenvalue weighted by molar-refractivity contribution is 8.12. The fourth-order valence-electron chi connectivity index (χ4n) is 0.144. The van der Waals surface area contributed by atoms with Gasteiger partial charge in [0.05, 0.1) is 0 Å². The van der Waals surface area contributed by atoms with Gasteiger partial charge in [-0.25, -0.2) is 4.79 Å². The van der Waals surface area contributed by atoms with Crippen LogP contribution in [0.3, 0.4) is 0 Å². The van der Waals surface area contributed by atoms with Crippen molar-refractivity contribution in [2.24, 2.45) is 0 Å². The lowest BCUT2D eigenvalue weighted by atomic mass is 10.9. The maximum absolute atomic E-state index is 10.1. The van der Waals surface area contributed by atoms with Gasteiger partial charge in [0, 0.05) is 0 Å². The predicted molar refractivity (Wildman–Crippen MR) is 30.0 cm³/mol. The van der Waals surface area contributed by atoms with Crippen molar-refractivity contribution in [1.29, 1.82) is 0 Å². The number of hydrogen-bond acceptors (Lipinski definition) is 3. The van der Waals surface area contributed by atoms with Crippen molar-refractivity contribution in [1.82, 2.24) is 0 Å². The Balaban J connectivity index is 3.00. The minimum absolute atomic E-state index is 0.262. The van der Waals surface area contributed by atoms with Crippen LogP contribution in [-0.4, -0.2) is 11.6 Å². The Morgan fingerprint density at radius 2 is 2.43 bits per heavy atom. The van der Waals surface area contributed by atoms with Gasteiger partial charge in [-0.05, 0) is 24.9 Å². The summed E-state index contributed by atoms with van der Waals surface area (Å²) in [6.07, 6.45) is 1.67. The molecule has 0 aromatic rings. The average Bonchev–Trinajstić information content (AvgIpc) is 1.68. The summed E-state index contributed by atoms with van der Waals surface area (Å²) in [5, 5.41) is -0.262. The first kappa shape index (κ1) is 6.82. The van der Waals surface area contributed by atoms with Crippen molar-refractivity contribution in [2.45, 2.75) is 6.92 Å². The molecule has 0 rings (SSSR count). The highest BCUT2D eigenvalue weighted by Gasteiger charge is 1.92. The quantitative estimate of drug-likeness (QED) is 0.491. The molecular formula is C4H7O2S. The smallest absolute Gasteiger partial charge is 0.367 e. The summed E-state index contributed by atoms with van der Waals surface area (Å²) < 4.78 is 4.39. The standard InChI is InChI=1S/C4H7O2S/c1-3-6-4(5)7-2/h3H,1-2H3. The normalized spacial score (nSPS) is 8.29. The largest absolute Gasteiger partial charge is 0.451 e. The van der Waals surface area contributed by atoms with E-state index in [1.807, 2.05) is 0 Å². The Morgan fingerprint density at radius 1 is 1.86 bits per heavy atom. The topological polar surface area (TPSA) is 26.3 Å². The molecule has 0 aliphatic carbocycles. The van der Waals surface area contributed by atoms with Crippen LogP contribution in [0.1, 0.15) is 6.92 Å². The number of rotatable bonds is 1. The van der Waals surface area contributed by atoms with E-state index in [1.165, 1.54) is 6.61 Å². The predicted octanol–water partition coefficient (Wildman–Crippen LogP) is 1.67. The summed E-state index contributed by atoms with van der Waals surface area (Å²) in [6.45, 7) is 3.02. The molecule has 0 heterocycles. The first-order chi connectivity index (χ1) is 3.31. The van der Waals surface area contributed by atoms with E-state index in [2.05, 4.69) is 4.74 Å². The fraction of sp³-hybridized carbons (Fsp3) is 0.500. The number of carbonyl (C=O) groups is 1. The van der Waals surface area contributed by atoms with E-state index in [4.69, 9.17) is 0 Å². The zero-order chi connectivity index (χ0) is 5.70. The first-order valence-electron chi connectivity index (χ1n) is 1.83. The molecule has 0 amide bonds. The monoisotopic (exact) mass is 119 g/mol. The van der Waals surface area contributed by atoms with Crippen LogP contribution >= 0.6 is 11.8 Å². The maximum atomic E-state index is 10.1. The third kappa shape index (κ3) is 3.66. The van der Waals surface area contributed by atoms with Crippen molar-refractivity contribution < 1.29 is 9.53 Å². The Bertz CT molecular complexity index is 62.7. The number of thioether (sulfide) groups is 1. The van der Waals surface area contributed by atoms with Gasteiger partial charge in [-0.3, -0.25) is 0 Å². The van der Waals surface area contributed by atoms with E-state index in [-0.39, 0.29) is 5.30 Å². The first-order valence-corrected chi connectivity index (χ1v) is 3.06. The minimum atomic E-state index is -0.262. The second-order valence-corrected chi connectivity index (χ2v) is 1.55. The van der Waals surface area contributed by atoms with Gasteiger partial charge in [0.2, 0.25) is 0 Å². The van der Waals surface area contributed by atoms with E-state index in [0.29, 0.717) is 0 Å². The molecule has 1 radical (unpaired) electrons. The molecular weight excluding hydrogens is 112 g/mol. The molecule has 41 valence electrons. The van der Waals surface area contributed by atoms with Gasteiger partial charge in [0.25, 0.3) is 0 Å². The van der Waals surface area contributed by atoms with Crippen LogP contribution in [0.25, 0.3) is 0 Å². The summed E-state index contributed by atoms with van der Waals surface area (Å²) in [7, 11) is 0. The van der Waals surface area contributed by atoms with Crippen LogP contribution in [0.15, 0.2) is 0 Å². The molecule has 0 aromatic heterocycles. The zero-order valence-corrected chi connectivity index (χ0v) is 5.12. The van der Waals surface area contributed by atoms with Gasteiger partial charge >= 0.3 is 5.30 Å². The summed E-state index contributed by atoms with van der Waals surface area (Å²) >= 11 is 1.06. The lowest BCUT2D eigenvalue weighted by molar-refractivity contribution is 0.202.